The molecule has 2 aliphatic heterocycles. The van der Waals surface area contributed by atoms with E-state index in [9.17, 15) is 0 Å². The molecule has 4 aromatic rings. The molecule has 0 unspecified atom stereocenters. The van der Waals surface area contributed by atoms with E-state index in [0.29, 0.717) is 0 Å². The van der Waals surface area contributed by atoms with E-state index in [1.807, 2.05) is 16.8 Å². The number of hydrogen-bond donors (Lipinski definition) is 0. The van der Waals surface area contributed by atoms with Gasteiger partial charge in [0.05, 0.1) is 19.8 Å². The van der Waals surface area contributed by atoms with Crippen LogP contribution in [0.25, 0.3) is 16.8 Å². The van der Waals surface area contributed by atoms with Crippen LogP contribution in [0.15, 0.2) is 49.1 Å². The Morgan fingerprint density at radius 3 is 2.75 bits per heavy atom. The van der Waals surface area contributed by atoms with E-state index in [1.54, 1.807) is 6.33 Å². The summed E-state index contributed by atoms with van der Waals surface area (Å²) in [5.74, 6) is 2.94. The summed E-state index contributed by atoms with van der Waals surface area (Å²) in [7, 11) is 0. The molecule has 5 heterocycles. The zero-order chi connectivity index (χ0) is 21.3. The van der Waals surface area contributed by atoms with Crippen molar-refractivity contribution in [2.24, 2.45) is 0 Å². The van der Waals surface area contributed by atoms with Gasteiger partial charge in [0.2, 0.25) is 0 Å². The number of morpholine rings is 1. The van der Waals surface area contributed by atoms with E-state index in [-0.39, 0.29) is 0 Å². The number of benzene rings is 1. The minimum atomic E-state index is 0.744. The number of nitrogens with zero attached hydrogens (tertiary/aromatic N) is 6. The molecule has 0 aliphatic carbocycles. The number of hydrogen-bond acceptors (Lipinski definition) is 7. The van der Waals surface area contributed by atoms with Crippen LogP contribution in [0.5, 0.6) is 5.75 Å². The van der Waals surface area contributed by atoms with Gasteiger partial charge in [-0.05, 0) is 30.2 Å². The summed E-state index contributed by atoms with van der Waals surface area (Å²) in [6, 6.07) is 10.4. The monoisotopic (exact) mass is 428 g/mol. The largest absolute Gasteiger partial charge is 0.493 e. The second-order valence-electron chi connectivity index (χ2n) is 8.11. The van der Waals surface area contributed by atoms with Crippen molar-refractivity contribution in [2.75, 3.05) is 37.8 Å². The summed E-state index contributed by atoms with van der Waals surface area (Å²) in [5.41, 5.74) is 5.38. The van der Waals surface area contributed by atoms with Crippen LogP contribution >= 0.6 is 0 Å². The van der Waals surface area contributed by atoms with Crippen molar-refractivity contribution in [3.8, 4) is 16.9 Å². The predicted molar refractivity (Wildman–Crippen MR) is 120 cm³/mol. The number of anilines is 1. The highest BCUT2D eigenvalue weighted by Crippen LogP contribution is 2.29. The molecule has 0 atom stereocenters. The van der Waals surface area contributed by atoms with Gasteiger partial charge >= 0.3 is 0 Å². The Hall–Kier alpha value is -3.52. The number of rotatable bonds is 5. The van der Waals surface area contributed by atoms with Crippen LogP contribution < -0.4 is 9.64 Å². The quantitative estimate of drug-likeness (QED) is 0.484. The molecule has 1 fully saturated rings. The van der Waals surface area contributed by atoms with Crippen LogP contribution in [0.1, 0.15) is 17.0 Å². The van der Waals surface area contributed by atoms with Gasteiger partial charge in [0, 0.05) is 55.0 Å². The number of aryl methyl sites for hydroxylation is 2. The zero-order valence-electron chi connectivity index (χ0n) is 17.8. The summed E-state index contributed by atoms with van der Waals surface area (Å²) in [6.45, 7) is 4.00. The second-order valence-corrected chi connectivity index (χ2v) is 8.11. The first-order valence-electron chi connectivity index (χ1n) is 11.1. The number of pyridine rings is 1. The Labute approximate surface area is 185 Å². The van der Waals surface area contributed by atoms with E-state index in [1.165, 1.54) is 11.1 Å². The average Bonchev–Trinajstić information content (AvgIpc) is 3.54. The summed E-state index contributed by atoms with van der Waals surface area (Å²) >= 11 is 0. The van der Waals surface area contributed by atoms with Crippen molar-refractivity contribution in [1.29, 1.82) is 0 Å². The van der Waals surface area contributed by atoms with Gasteiger partial charge in [-0.1, -0.05) is 12.1 Å². The SMILES string of the molecule is c1cc(CCc2ncc(-c3ccc(N4CCOCC4)nc3)c3nncn23)c2c(c1)OCC2. The molecule has 2 aliphatic rings. The highest BCUT2D eigenvalue weighted by Gasteiger charge is 2.17. The lowest BCUT2D eigenvalue weighted by molar-refractivity contribution is 0.122. The summed E-state index contributed by atoms with van der Waals surface area (Å²) in [5, 5.41) is 8.54. The molecule has 8 nitrogen and oxygen atoms in total. The Balaban J connectivity index is 1.25. The molecule has 0 N–H and O–H groups in total. The third kappa shape index (κ3) is 3.46. The molecule has 0 radical (unpaired) electrons. The smallest absolute Gasteiger partial charge is 0.171 e. The van der Waals surface area contributed by atoms with Gasteiger partial charge in [-0.2, -0.15) is 0 Å². The zero-order valence-corrected chi connectivity index (χ0v) is 17.8. The highest BCUT2D eigenvalue weighted by molar-refractivity contribution is 5.76. The Kier molecular flexibility index (Phi) is 4.92. The van der Waals surface area contributed by atoms with Crippen LogP contribution in [-0.4, -0.2) is 57.5 Å². The maximum Gasteiger partial charge on any atom is 0.171 e. The minimum absolute atomic E-state index is 0.744. The summed E-state index contributed by atoms with van der Waals surface area (Å²) in [4.78, 5) is 11.7. The lowest BCUT2D eigenvalue weighted by atomic mass is 10.0. The number of aromatic nitrogens is 5. The molecule has 3 aromatic heterocycles. The van der Waals surface area contributed by atoms with Crippen LogP contribution in [0.4, 0.5) is 5.82 Å². The molecule has 0 bridgehead atoms. The predicted octanol–water partition coefficient (Wildman–Crippen LogP) is 2.74. The first-order chi connectivity index (χ1) is 15.9. The van der Waals surface area contributed by atoms with Crippen molar-refractivity contribution in [1.82, 2.24) is 24.6 Å². The van der Waals surface area contributed by atoms with E-state index in [2.05, 4.69) is 50.4 Å². The van der Waals surface area contributed by atoms with Gasteiger partial charge < -0.3 is 14.4 Å². The second kappa shape index (κ2) is 8.20. The fraction of sp³-hybridized carbons (Fsp3) is 0.333. The van der Waals surface area contributed by atoms with Crippen LogP contribution in [0.3, 0.4) is 0 Å². The molecule has 0 saturated carbocycles. The first kappa shape index (κ1) is 19.2. The van der Waals surface area contributed by atoms with Crippen molar-refractivity contribution in [3.63, 3.8) is 0 Å². The first-order valence-corrected chi connectivity index (χ1v) is 11.1. The van der Waals surface area contributed by atoms with Gasteiger partial charge in [-0.25, -0.2) is 9.97 Å². The Bertz CT molecular complexity index is 1250. The van der Waals surface area contributed by atoms with Crippen molar-refractivity contribution >= 4 is 11.5 Å². The standard InChI is InChI=1S/C24H24N6O2/c1-2-17(19-8-11-32-21(19)3-1)4-7-23-26-15-20(24-28-27-16-30(23)24)18-5-6-22(25-14-18)29-9-12-31-13-10-29/h1-3,5-6,14-16H,4,7-13H2. The molecular weight excluding hydrogens is 404 g/mol. The van der Waals surface area contributed by atoms with Crippen LogP contribution in [-0.2, 0) is 24.0 Å². The molecule has 6 rings (SSSR count). The normalized spacial score (nSPS) is 15.7. The lowest BCUT2D eigenvalue weighted by Gasteiger charge is -2.27. The summed E-state index contributed by atoms with van der Waals surface area (Å²) in [6.07, 6.45) is 8.22. The third-order valence-corrected chi connectivity index (χ3v) is 6.26. The number of fused-ring (bicyclic) bond motifs is 2. The van der Waals surface area contributed by atoms with Crippen molar-refractivity contribution in [2.45, 2.75) is 19.3 Å². The van der Waals surface area contributed by atoms with E-state index in [0.717, 1.165) is 86.3 Å². The molecule has 8 heteroatoms. The third-order valence-electron chi connectivity index (χ3n) is 6.26. The van der Waals surface area contributed by atoms with E-state index in [4.69, 9.17) is 14.5 Å². The van der Waals surface area contributed by atoms with E-state index < -0.39 is 0 Å². The van der Waals surface area contributed by atoms with Gasteiger partial charge in [0.1, 0.15) is 23.7 Å². The van der Waals surface area contributed by atoms with E-state index >= 15 is 0 Å². The topological polar surface area (TPSA) is 77.7 Å². The van der Waals surface area contributed by atoms with Gasteiger partial charge in [0.15, 0.2) is 5.65 Å². The molecular formula is C24H24N6O2. The Morgan fingerprint density at radius 1 is 0.938 bits per heavy atom. The van der Waals surface area contributed by atoms with Crippen LogP contribution in [0.2, 0.25) is 0 Å². The maximum absolute atomic E-state index is 5.70. The highest BCUT2D eigenvalue weighted by atomic mass is 16.5. The molecule has 1 aromatic carbocycles. The fourth-order valence-corrected chi connectivity index (χ4v) is 4.55. The van der Waals surface area contributed by atoms with Gasteiger partial charge in [0.25, 0.3) is 0 Å². The lowest BCUT2D eigenvalue weighted by Crippen LogP contribution is -2.36. The van der Waals surface area contributed by atoms with Crippen LogP contribution in [0, 0.1) is 0 Å². The Morgan fingerprint density at radius 2 is 1.88 bits per heavy atom. The number of ether oxygens (including phenoxy) is 2. The van der Waals surface area contributed by atoms with Crippen molar-refractivity contribution < 1.29 is 9.47 Å². The van der Waals surface area contributed by atoms with Crippen molar-refractivity contribution in [3.05, 3.63) is 66.0 Å². The van der Waals surface area contributed by atoms with Gasteiger partial charge in [-0.15, -0.1) is 10.2 Å². The molecule has 0 amide bonds. The molecule has 0 spiro atoms. The molecule has 162 valence electrons. The van der Waals surface area contributed by atoms with Gasteiger partial charge in [-0.3, -0.25) is 4.40 Å². The minimum Gasteiger partial charge on any atom is -0.493 e. The molecule has 1 saturated heterocycles. The maximum atomic E-state index is 5.70. The fourth-order valence-electron chi connectivity index (χ4n) is 4.55. The average molecular weight is 428 g/mol. The molecule has 32 heavy (non-hydrogen) atoms. The summed E-state index contributed by atoms with van der Waals surface area (Å²) < 4.78 is 13.1.